The molecule has 460 valence electrons. The van der Waals surface area contributed by atoms with Gasteiger partial charge in [0.25, 0.3) is 0 Å². The van der Waals surface area contributed by atoms with Gasteiger partial charge in [0, 0.05) is 18.8 Å². The van der Waals surface area contributed by atoms with Crippen LogP contribution in [0.3, 0.4) is 0 Å². The van der Waals surface area contributed by atoms with E-state index in [4.69, 9.17) is 25.7 Å². The minimum Gasteiger partial charge on any atom is -0.366 e. The van der Waals surface area contributed by atoms with Gasteiger partial charge in [0.1, 0.15) is 74.1 Å². The largest absolute Gasteiger partial charge is 1.00 e. The van der Waals surface area contributed by atoms with E-state index >= 15 is 0 Å². The van der Waals surface area contributed by atoms with Crippen LogP contribution in [-0.2, 0) is 89.5 Å². The molecule has 0 atom stereocenters. The number of hydrogen-bond donors (Lipinski definition) is 0. The minimum atomic E-state index is -0.847. The van der Waals surface area contributed by atoms with Crippen molar-refractivity contribution in [3.8, 4) is 23.7 Å². The van der Waals surface area contributed by atoms with Gasteiger partial charge in [0.05, 0.1) is 0 Å². The van der Waals surface area contributed by atoms with Crippen LogP contribution < -0.4 is 42.4 Å². The van der Waals surface area contributed by atoms with Crippen molar-refractivity contribution in [1.82, 2.24) is 0 Å². The van der Waals surface area contributed by atoms with E-state index in [1.807, 2.05) is 72.8 Å². The normalized spacial score (nSPS) is 10.3. The first-order chi connectivity index (χ1) is 43.5. The van der Waals surface area contributed by atoms with E-state index in [9.17, 15) is 0 Å². The van der Waals surface area contributed by atoms with Crippen molar-refractivity contribution in [2.24, 2.45) is 0 Å². The van der Waals surface area contributed by atoms with Crippen molar-refractivity contribution in [2.45, 2.75) is 0 Å². The third-order valence-electron chi connectivity index (χ3n) is 15.2. The Morgan fingerprint density at radius 3 is 0.511 bits per heavy atom. The quantitative estimate of drug-likeness (QED) is 0.0495. The van der Waals surface area contributed by atoms with Gasteiger partial charge in [0.15, 0.2) is 11.8 Å². The molecule has 0 aliphatic carbocycles. The maximum absolute atomic E-state index is 7.17. The molecule has 12 aromatic carbocycles. The summed E-state index contributed by atoms with van der Waals surface area (Å²) in [5.41, 5.74) is 3.12. The first-order valence-electron chi connectivity index (χ1n) is 29.0. The van der Waals surface area contributed by atoms with Gasteiger partial charge < -0.3 is 25.7 Å². The molecule has 2 heterocycles. The Morgan fingerprint density at radius 2 is 0.370 bits per heavy atom. The zero-order valence-corrected chi connectivity index (χ0v) is 63.8. The number of hydrogen-bond acceptors (Lipinski definition) is 2. The summed E-state index contributed by atoms with van der Waals surface area (Å²) in [6, 6.07) is 112. The fraction of sp³-hybridized carbons (Fsp3) is 0.0244. The van der Waals surface area contributed by atoms with Gasteiger partial charge in [-0.15, -0.1) is 93.5 Å². The molecule has 0 aliphatic rings. The molecular weight excluding hydrogens is 1960 g/mol. The summed E-state index contributed by atoms with van der Waals surface area (Å²) in [4.78, 5) is 0. The number of thiophene rings is 2. The van der Waals surface area contributed by atoms with Crippen LogP contribution in [0.2, 0.25) is 0 Å². The Hall–Kier alpha value is -6.00. The molecule has 0 aliphatic heterocycles. The summed E-state index contributed by atoms with van der Waals surface area (Å²) >= 11 is 3.44. The van der Waals surface area contributed by atoms with Gasteiger partial charge in [-0.3, -0.25) is 23.7 Å². The summed E-state index contributed by atoms with van der Waals surface area (Å²) in [6.07, 6.45) is 28.7. The van der Waals surface area contributed by atoms with Gasteiger partial charge in [-0.05, 0) is 119 Å². The van der Waals surface area contributed by atoms with E-state index in [1.165, 1.54) is 73.0 Å². The standard InChI is InChI=1S/2C25H22P2.2C16H6S.4Au/c2*1-5-13-22(14-6-1)26(23-15-7-2-8-16-23)21-27(24-17-9-3-10-18-24)25-19-11-4-12-20-25;2*1-3-11-5-7-15-13(9-11)14-10-12(4-2)6-8-16(14)17-15;;;;/h2*1-20H,21H2;2*5-10H;;;;/q;;2*-2;4*+1/p+4. The monoisotopic (exact) mass is 2020 g/mol. The van der Waals surface area contributed by atoms with Crippen LogP contribution in [0.4, 0.5) is 0 Å². The molecule has 0 bridgehead atoms. The fourth-order valence-corrected chi connectivity index (χ4v) is 28.4. The van der Waals surface area contributed by atoms with Crippen LogP contribution in [0.25, 0.3) is 40.3 Å². The minimum absolute atomic E-state index is 0. The first-order valence-corrected chi connectivity index (χ1v) is 37.4. The van der Waals surface area contributed by atoms with Crippen molar-refractivity contribution < 1.29 is 89.5 Å². The number of benzene rings is 12. The predicted octanol–water partition coefficient (Wildman–Crippen LogP) is 17.2. The molecule has 0 N–H and O–H groups in total. The molecule has 14 aromatic rings. The van der Waals surface area contributed by atoms with Crippen molar-refractivity contribution in [2.75, 3.05) is 11.8 Å². The zero-order valence-electron chi connectivity index (χ0n) is 49.5. The molecule has 0 fully saturated rings. The van der Waals surface area contributed by atoms with Gasteiger partial charge in [-0.25, -0.2) is 0 Å². The van der Waals surface area contributed by atoms with Crippen LogP contribution in [0, 0.1) is 49.4 Å². The Kier molecular flexibility index (Phi) is 30.1. The van der Waals surface area contributed by atoms with E-state index in [-0.39, 0.29) is 89.5 Å². The van der Waals surface area contributed by atoms with Crippen LogP contribution in [-0.4, -0.2) is 11.8 Å². The molecule has 0 saturated heterocycles. The van der Waals surface area contributed by atoms with Crippen molar-refractivity contribution in [3.05, 3.63) is 363 Å². The summed E-state index contributed by atoms with van der Waals surface area (Å²) in [7, 11) is -3.39. The van der Waals surface area contributed by atoms with Gasteiger partial charge >= 0.3 is 89.5 Å². The molecule has 10 heteroatoms. The van der Waals surface area contributed by atoms with Crippen LogP contribution >= 0.6 is 54.4 Å². The van der Waals surface area contributed by atoms with E-state index in [0.29, 0.717) is 0 Å². The third kappa shape index (κ3) is 19.1. The van der Waals surface area contributed by atoms with Crippen molar-refractivity contribution >= 4 is 137 Å². The van der Waals surface area contributed by atoms with Crippen molar-refractivity contribution in [3.63, 3.8) is 0 Å². The van der Waals surface area contributed by atoms with Crippen LogP contribution in [0.15, 0.2) is 315 Å². The van der Waals surface area contributed by atoms with E-state index in [0.717, 1.165) is 43.8 Å². The van der Waals surface area contributed by atoms with E-state index in [2.05, 4.69) is 266 Å². The summed E-state index contributed by atoms with van der Waals surface area (Å²) in [5.74, 6) is 12.1. The molecule has 0 unspecified atom stereocenters. The molecule has 0 radical (unpaired) electrons. The summed E-state index contributed by atoms with van der Waals surface area (Å²) in [5, 5.41) is 16.5. The Morgan fingerprint density at radius 1 is 0.217 bits per heavy atom. The maximum Gasteiger partial charge on any atom is 1.00 e. The topological polar surface area (TPSA) is 0 Å². The molecule has 0 amide bonds. The van der Waals surface area contributed by atoms with Gasteiger partial charge in [0.2, 0.25) is 0 Å². The second-order valence-electron chi connectivity index (χ2n) is 20.7. The molecule has 2 aromatic heterocycles. The molecule has 0 saturated carbocycles. The molecule has 0 spiro atoms. The summed E-state index contributed by atoms with van der Waals surface area (Å²) in [6.45, 7) is 0. The summed E-state index contributed by atoms with van der Waals surface area (Å²) < 4.78 is 4.78. The van der Waals surface area contributed by atoms with E-state index in [1.54, 1.807) is 22.7 Å². The number of rotatable bonds is 12. The fourth-order valence-electron chi connectivity index (χ4n) is 10.8. The average molecular weight is 2020 g/mol. The van der Waals surface area contributed by atoms with E-state index < -0.39 is 31.7 Å². The average Bonchev–Trinajstić information content (AvgIpc) is 2.52. The molecule has 92 heavy (non-hydrogen) atoms. The van der Waals surface area contributed by atoms with Crippen LogP contribution in [0.5, 0.6) is 0 Å². The second kappa shape index (κ2) is 37.8. The molecule has 0 nitrogen and oxygen atoms in total. The Bertz CT molecular complexity index is 3980. The Labute approximate surface area is 618 Å². The second-order valence-corrected chi connectivity index (χ2v) is 34.2. The SMILES string of the molecule is [Au+].[Au+].[Au+].[Au+].[C-]#Cc1ccc2sc3ccc(C#[C-])cc3c2c1.[C-]#Cc1ccc2sc3ccc(C#[C-])cc3c2c1.c1ccc([PH+](C[PH+](c2ccccc2)c2ccccc2)c2ccccc2)cc1.c1ccc([PH+](C[PH+](c2ccccc2)c2ccccc2)c2ccccc2)cc1. The Balaban J connectivity index is 0.000000175. The first kappa shape index (κ1) is 73.4. The third-order valence-corrected chi connectivity index (χ3v) is 31.4. The zero-order chi connectivity index (χ0) is 60.3. The van der Waals surface area contributed by atoms with Gasteiger partial charge in [-0.1, -0.05) is 170 Å². The maximum atomic E-state index is 7.17. The number of fused-ring (bicyclic) bond motifs is 6. The molecular formula is C82H60Au4P4S2+4. The van der Waals surface area contributed by atoms with Gasteiger partial charge in [-0.2, -0.15) is 0 Å². The van der Waals surface area contributed by atoms with Crippen molar-refractivity contribution in [1.29, 1.82) is 0 Å². The van der Waals surface area contributed by atoms with Crippen LogP contribution in [0.1, 0.15) is 22.3 Å². The smallest absolute Gasteiger partial charge is 0.366 e. The predicted molar refractivity (Wildman–Crippen MR) is 395 cm³/mol. The molecule has 14 rings (SSSR count).